The summed E-state index contributed by atoms with van der Waals surface area (Å²) in [6.45, 7) is 0.0573. The van der Waals surface area contributed by atoms with Crippen LogP contribution in [0.4, 0.5) is 9.18 Å². The number of H-pyrrole nitrogens is 1. The zero-order valence-electron chi connectivity index (χ0n) is 23.3. The van der Waals surface area contributed by atoms with Crippen molar-refractivity contribution in [2.75, 3.05) is 13.7 Å². The van der Waals surface area contributed by atoms with Crippen molar-refractivity contribution in [2.24, 2.45) is 14.1 Å². The second-order valence-electron chi connectivity index (χ2n) is 11.1. The molecule has 8 rings (SSSR count). The lowest BCUT2D eigenvalue weighted by atomic mass is 9.97. The third-order valence-corrected chi connectivity index (χ3v) is 8.47. The summed E-state index contributed by atoms with van der Waals surface area (Å²) in [5.74, 6) is -0.634. The molecule has 1 aliphatic carbocycles. The number of aryl methyl sites for hydroxylation is 2. The molecule has 218 valence electrons. The van der Waals surface area contributed by atoms with Gasteiger partial charge < -0.3 is 24.9 Å². The molecule has 1 aromatic carbocycles. The van der Waals surface area contributed by atoms with Gasteiger partial charge in [0.2, 0.25) is 5.95 Å². The highest BCUT2D eigenvalue weighted by molar-refractivity contribution is 6.14. The van der Waals surface area contributed by atoms with Gasteiger partial charge in [-0.05, 0) is 24.0 Å². The van der Waals surface area contributed by atoms with Gasteiger partial charge in [0.25, 0.3) is 0 Å². The van der Waals surface area contributed by atoms with Gasteiger partial charge in [0, 0.05) is 38.3 Å². The van der Waals surface area contributed by atoms with E-state index in [1.54, 1.807) is 35.6 Å². The van der Waals surface area contributed by atoms with E-state index in [1.807, 2.05) is 24.3 Å². The molecule has 6 heterocycles. The number of methoxy groups -OCH3 is 1. The molecule has 4 atom stereocenters. The van der Waals surface area contributed by atoms with Crippen LogP contribution in [-0.2, 0) is 30.0 Å². The van der Waals surface area contributed by atoms with Crippen LogP contribution in [0.2, 0.25) is 0 Å². The average molecular weight is 576 g/mol. The summed E-state index contributed by atoms with van der Waals surface area (Å²) in [4.78, 5) is 34.1. The number of nitrogens with one attached hydrogen (secondary N) is 2. The number of halogens is 1. The molecule has 13 heteroatoms. The number of aliphatic hydroxyl groups is 1. The van der Waals surface area contributed by atoms with Crippen LogP contribution in [0.15, 0.2) is 41.5 Å². The zero-order chi connectivity index (χ0) is 29.3. The van der Waals surface area contributed by atoms with E-state index in [1.165, 1.54) is 11.8 Å². The summed E-state index contributed by atoms with van der Waals surface area (Å²) in [6.07, 6.45) is 2.56. The van der Waals surface area contributed by atoms with Crippen molar-refractivity contribution in [2.45, 2.75) is 43.6 Å². The number of hydrogen-bond donors (Lipinski definition) is 3. The summed E-state index contributed by atoms with van der Waals surface area (Å²) in [6, 6.07) is 6.88. The van der Waals surface area contributed by atoms with Crippen LogP contribution in [0.3, 0.4) is 0 Å². The number of fused-ring (bicyclic) bond motifs is 5. The maximum absolute atomic E-state index is 15.1. The Labute approximate surface area is 238 Å². The molecule has 0 unspecified atom stereocenters. The highest BCUT2D eigenvalue weighted by atomic mass is 19.1. The lowest BCUT2D eigenvalue weighted by Gasteiger charge is -2.22. The van der Waals surface area contributed by atoms with E-state index >= 15 is 4.39 Å². The molecule has 1 saturated carbocycles. The molecule has 0 saturated heterocycles. The molecule has 4 bridgehead atoms. The lowest BCUT2D eigenvalue weighted by molar-refractivity contribution is -0.0168. The smallest absolute Gasteiger partial charge is 0.407 e. The van der Waals surface area contributed by atoms with Crippen LogP contribution in [0.5, 0.6) is 0 Å². The van der Waals surface area contributed by atoms with Gasteiger partial charge >= 0.3 is 11.8 Å². The van der Waals surface area contributed by atoms with E-state index in [9.17, 15) is 14.7 Å². The van der Waals surface area contributed by atoms with E-state index in [4.69, 9.17) is 9.47 Å². The highest BCUT2D eigenvalue weighted by Gasteiger charge is 2.40. The van der Waals surface area contributed by atoms with Crippen LogP contribution in [0.25, 0.3) is 44.5 Å². The number of amides is 1. The molecule has 3 N–H and O–H groups in total. The molecule has 0 radical (unpaired) electrons. The fourth-order valence-corrected chi connectivity index (χ4v) is 6.54. The van der Waals surface area contributed by atoms with Gasteiger partial charge in [-0.2, -0.15) is 4.39 Å². The number of ether oxygens (including phenoxy) is 2. The molecule has 2 aliphatic heterocycles. The van der Waals surface area contributed by atoms with Crippen LogP contribution in [0, 0.1) is 5.95 Å². The summed E-state index contributed by atoms with van der Waals surface area (Å²) in [5, 5.41) is 18.2. The number of carbonyl (C=O) groups excluding carboxylic acids is 1. The Bertz CT molecular complexity index is 1900. The Balaban J connectivity index is 1.54. The van der Waals surface area contributed by atoms with Crippen molar-refractivity contribution in [1.29, 1.82) is 0 Å². The minimum absolute atomic E-state index is 0.0573. The number of rotatable bonds is 2. The Hall–Kier alpha value is -4.49. The summed E-state index contributed by atoms with van der Waals surface area (Å²) >= 11 is 0. The van der Waals surface area contributed by atoms with Crippen molar-refractivity contribution in [3.05, 3.63) is 58.7 Å². The molecular formula is C29H30FN7O5. The van der Waals surface area contributed by atoms with Gasteiger partial charge in [0.05, 0.1) is 65.8 Å². The molecule has 12 nitrogen and oxygen atoms in total. The Kier molecular flexibility index (Phi) is 6.17. The van der Waals surface area contributed by atoms with Crippen molar-refractivity contribution >= 4 is 28.2 Å². The molecule has 4 aromatic heterocycles. The van der Waals surface area contributed by atoms with Gasteiger partial charge in [0.15, 0.2) is 0 Å². The van der Waals surface area contributed by atoms with Gasteiger partial charge in [-0.15, -0.1) is 5.10 Å². The number of pyridine rings is 1. The fourth-order valence-electron chi connectivity index (χ4n) is 6.54. The van der Waals surface area contributed by atoms with E-state index in [0.29, 0.717) is 52.6 Å². The van der Waals surface area contributed by atoms with Gasteiger partial charge in [-0.25, -0.2) is 14.6 Å². The van der Waals surface area contributed by atoms with Crippen LogP contribution in [-0.4, -0.2) is 72.0 Å². The third kappa shape index (κ3) is 4.10. The second kappa shape index (κ2) is 9.81. The van der Waals surface area contributed by atoms with Crippen molar-refractivity contribution in [1.82, 2.24) is 34.2 Å². The predicted molar refractivity (Wildman–Crippen MR) is 151 cm³/mol. The van der Waals surface area contributed by atoms with Crippen LogP contribution in [0.1, 0.15) is 24.4 Å². The summed E-state index contributed by atoms with van der Waals surface area (Å²) in [7, 11) is 4.64. The first-order valence-corrected chi connectivity index (χ1v) is 13.8. The predicted octanol–water partition coefficient (Wildman–Crippen LogP) is 2.78. The molecular weight excluding hydrogens is 545 g/mol. The first-order chi connectivity index (χ1) is 20.2. The van der Waals surface area contributed by atoms with Crippen molar-refractivity contribution < 1.29 is 23.8 Å². The largest absolute Gasteiger partial charge is 0.453 e. The Morgan fingerprint density at radius 2 is 2.02 bits per heavy atom. The summed E-state index contributed by atoms with van der Waals surface area (Å²) in [5.41, 5.74) is 4.65. The highest BCUT2D eigenvalue weighted by Crippen LogP contribution is 2.43. The van der Waals surface area contributed by atoms with E-state index < -0.39 is 30.3 Å². The van der Waals surface area contributed by atoms with Gasteiger partial charge in [0.1, 0.15) is 5.65 Å². The van der Waals surface area contributed by atoms with E-state index in [-0.39, 0.29) is 23.9 Å². The number of hydrogen-bond acceptors (Lipinski definition) is 7. The molecule has 1 amide bonds. The number of benzene rings is 1. The number of aromatic amines is 1. The number of aromatic nitrogens is 6. The molecule has 5 aromatic rings. The minimum atomic E-state index is -0.787. The van der Waals surface area contributed by atoms with Crippen molar-refractivity contribution in [3.63, 3.8) is 0 Å². The lowest BCUT2D eigenvalue weighted by Crippen LogP contribution is -2.42. The Morgan fingerprint density at radius 1 is 1.24 bits per heavy atom. The first kappa shape index (κ1) is 26.4. The number of aliphatic hydroxyl groups excluding tert-OH is 1. The molecule has 1 fully saturated rings. The maximum Gasteiger partial charge on any atom is 0.407 e. The fraction of sp³-hybridized carbons (Fsp3) is 0.379. The number of alkyl carbamates (subject to hydrolysis) is 1. The monoisotopic (exact) mass is 575 g/mol. The topological polar surface area (TPSA) is 141 Å². The van der Waals surface area contributed by atoms with Gasteiger partial charge in [-0.3, -0.25) is 13.8 Å². The minimum Gasteiger partial charge on any atom is -0.453 e. The molecule has 3 aliphatic rings. The van der Waals surface area contributed by atoms with Crippen molar-refractivity contribution in [3.8, 4) is 22.4 Å². The molecule has 42 heavy (non-hydrogen) atoms. The average Bonchev–Trinajstić information content (AvgIpc) is 3.70. The first-order valence-electron chi connectivity index (χ1n) is 13.8. The Morgan fingerprint density at radius 3 is 2.74 bits per heavy atom. The number of nitrogens with zero attached hydrogens (tertiary/aromatic N) is 5. The standard InChI is InChI=1S/C29H30FN7O5/c1-35-12-18(26(30)34-35)24-22-15-6-4-14(5-7-15)8-17(38)13-42-21-10-16(9-19(21)32-28(39)41-3)37-25-20(36(2)29(37)40)11-31-27(33-24)23(22)25/h4-7,11-12,16-17,19,21,38H,8-10,13H2,1-3H3,(H,31,33)(H,32,39)/t16-,17+,19-,21+/m0/s1. The van der Waals surface area contributed by atoms with E-state index in [0.717, 1.165) is 11.1 Å². The third-order valence-electron chi connectivity index (χ3n) is 8.47. The van der Waals surface area contributed by atoms with Crippen LogP contribution >= 0.6 is 0 Å². The summed E-state index contributed by atoms with van der Waals surface area (Å²) < 4.78 is 30.9. The van der Waals surface area contributed by atoms with Gasteiger partial charge in [-0.1, -0.05) is 24.3 Å². The van der Waals surface area contributed by atoms with Crippen LogP contribution < -0.4 is 11.0 Å². The molecule has 0 spiro atoms. The maximum atomic E-state index is 15.1. The quantitative estimate of drug-likeness (QED) is 0.294. The SMILES string of the molecule is COC(=O)N[C@H]1C[C@H]2C[C@H]1OC[C@H](O)Cc1ccc(cc1)-c1c(-c3cn(C)nc3F)[nH]c3ncc4c(c13)n2c(=O)n4C. The number of carbonyl (C=O) groups is 1. The zero-order valence-corrected chi connectivity index (χ0v) is 23.3. The van der Waals surface area contributed by atoms with E-state index in [2.05, 4.69) is 20.4 Å². The number of imidazole rings is 1. The normalized spacial score (nSPS) is 22.1. The second-order valence-corrected chi connectivity index (χ2v) is 11.1.